The highest BCUT2D eigenvalue weighted by Gasteiger charge is 2.40. The van der Waals surface area contributed by atoms with Crippen LogP contribution in [0.2, 0.25) is 0 Å². The van der Waals surface area contributed by atoms with Crippen molar-refractivity contribution in [1.82, 2.24) is 5.32 Å². The molecule has 158 valence electrons. The number of fused-ring (bicyclic) bond motifs is 1. The van der Waals surface area contributed by atoms with Gasteiger partial charge in [-0.1, -0.05) is 31.0 Å². The highest BCUT2D eigenvalue weighted by atomic mass is 19.4. The summed E-state index contributed by atoms with van der Waals surface area (Å²) >= 11 is 0. The van der Waals surface area contributed by atoms with E-state index in [0.29, 0.717) is 19.4 Å². The van der Waals surface area contributed by atoms with E-state index in [1.165, 1.54) is 0 Å². The topological polar surface area (TPSA) is 75.7 Å². The first kappa shape index (κ1) is 21.1. The lowest BCUT2D eigenvalue weighted by molar-refractivity contribution is -0.158. The summed E-state index contributed by atoms with van der Waals surface area (Å²) in [6, 6.07) is 7.62. The number of alkyl halides is 3. The minimum atomic E-state index is -4.54. The van der Waals surface area contributed by atoms with Crippen molar-refractivity contribution in [2.75, 3.05) is 24.6 Å². The summed E-state index contributed by atoms with van der Waals surface area (Å²) in [6.07, 6.45) is -1.23. The summed E-state index contributed by atoms with van der Waals surface area (Å²) in [4.78, 5) is 38.8. The molecule has 0 bridgehead atoms. The Kier molecular flexibility index (Phi) is 6.44. The van der Waals surface area contributed by atoms with Gasteiger partial charge in [0, 0.05) is 12.2 Å². The van der Waals surface area contributed by atoms with E-state index in [-0.39, 0.29) is 5.91 Å². The lowest BCUT2D eigenvalue weighted by Gasteiger charge is -2.32. The van der Waals surface area contributed by atoms with Crippen molar-refractivity contribution in [3.8, 4) is 0 Å². The molecule has 0 saturated heterocycles. The summed E-state index contributed by atoms with van der Waals surface area (Å²) in [7, 11) is 0. The fraction of sp³-hybridized carbons (Fsp3) is 0.550. The molecular weight excluding hydrogens is 389 g/mol. The normalized spacial score (nSPS) is 21.4. The maximum Gasteiger partial charge on any atom is 0.405 e. The van der Waals surface area contributed by atoms with Gasteiger partial charge in [-0.25, -0.2) is 0 Å². The molecule has 1 N–H and O–H groups in total. The van der Waals surface area contributed by atoms with Gasteiger partial charge in [-0.2, -0.15) is 13.2 Å². The van der Waals surface area contributed by atoms with Gasteiger partial charge >= 0.3 is 12.1 Å². The van der Waals surface area contributed by atoms with Crippen LogP contribution >= 0.6 is 0 Å². The van der Waals surface area contributed by atoms with E-state index in [2.05, 4.69) is 0 Å². The van der Waals surface area contributed by atoms with E-state index in [0.717, 1.165) is 30.5 Å². The zero-order chi connectivity index (χ0) is 21.0. The summed E-state index contributed by atoms with van der Waals surface area (Å²) in [6.45, 7) is -1.72. The predicted octanol–water partition coefficient (Wildman–Crippen LogP) is 2.60. The van der Waals surface area contributed by atoms with E-state index < -0.39 is 43.0 Å². The molecule has 1 aliphatic heterocycles. The SMILES string of the molecule is O=C(COC(=O)[C@@H]1CCCC[C@@H]1C(=O)N1CCc2ccccc21)NCC(F)(F)F. The highest BCUT2D eigenvalue weighted by molar-refractivity contribution is 5.99. The molecule has 3 rings (SSSR count). The van der Waals surface area contributed by atoms with Crippen molar-refractivity contribution in [2.45, 2.75) is 38.3 Å². The van der Waals surface area contributed by atoms with Gasteiger partial charge in [-0.3, -0.25) is 14.4 Å². The fourth-order valence-corrected chi connectivity index (χ4v) is 3.97. The average molecular weight is 412 g/mol. The quantitative estimate of drug-likeness (QED) is 0.755. The molecule has 29 heavy (non-hydrogen) atoms. The summed E-state index contributed by atoms with van der Waals surface area (Å²) in [5.41, 5.74) is 1.93. The number of hydrogen-bond donors (Lipinski definition) is 1. The van der Waals surface area contributed by atoms with Crippen molar-refractivity contribution in [1.29, 1.82) is 0 Å². The van der Waals surface area contributed by atoms with E-state index in [1.807, 2.05) is 24.3 Å². The summed E-state index contributed by atoms with van der Waals surface area (Å²) < 4.78 is 41.3. The molecule has 0 aromatic heterocycles. The number of hydrogen-bond acceptors (Lipinski definition) is 4. The molecule has 6 nitrogen and oxygen atoms in total. The first-order valence-electron chi connectivity index (χ1n) is 9.65. The van der Waals surface area contributed by atoms with E-state index in [9.17, 15) is 27.6 Å². The van der Waals surface area contributed by atoms with E-state index >= 15 is 0 Å². The maximum absolute atomic E-state index is 13.1. The third-order valence-electron chi connectivity index (χ3n) is 5.37. The fourth-order valence-electron chi connectivity index (χ4n) is 3.97. The number of nitrogens with one attached hydrogen (secondary N) is 1. The van der Waals surface area contributed by atoms with Crippen LogP contribution in [0.1, 0.15) is 31.2 Å². The van der Waals surface area contributed by atoms with Gasteiger partial charge in [-0.15, -0.1) is 0 Å². The third kappa shape index (κ3) is 5.27. The van der Waals surface area contributed by atoms with Crippen LogP contribution in [0.15, 0.2) is 24.3 Å². The predicted molar refractivity (Wildman–Crippen MR) is 98.0 cm³/mol. The van der Waals surface area contributed by atoms with Gasteiger partial charge in [0.25, 0.3) is 5.91 Å². The molecule has 2 amide bonds. The first-order valence-corrected chi connectivity index (χ1v) is 9.65. The molecule has 0 unspecified atom stereocenters. The van der Waals surface area contributed by atoms with Crippen LogP contribution < -0.4 is 10.2 Å². The van der Waals surface area contributed by atoms with Crippen molar-refractivity contribution >= 4 is 23.5 Å². The Balaban J connectivity index is 1.60. The zero-order valence-corrected chi connectivity index (χ0v) is 15.8. The number of benzene rings is 1. The number of anilines is 1. The van der Waals surface area contributed by atoms with Crippen LogP contribution in [-0.4, -0.2) is 43.7 Å². The van der Waals surface area contributed by atoms with Crippen LogP contribution in [-0.2, 0) is 25.5 Å². The Morgan fingerprint density at radius 3 is 2.52 bits per heavy atom. The van der Waals surface area contributed by atoms with Crippen LogP contribution in [0.3, 0.4) is 0 Å². The molecule has 1 fully saturated rings. The highest BCUT2D eigenvalue weighted by Crippen LogP contribution is 2.36. The minimum Gasteiger partial charge on any atom is -0.455 e. The second-order valence-electron chi connectivity index (χ2n) is 7.37. The summed E-state index contributed by atoms with van der Waals surface area (Å²) in [5, 5.41) is 1.65. The van der Waals surface area contributed by atoms with Crippen LogP contribution in [0.4, 0.5) is 18.9 Å². The number of carbonyl (C=O) groups is 3. The summed E-state index contributed by atoms with van der Waals surface area (Å²) in [5.74, 6) is -3.13. The minimum absolute atomic E-state index is 0.141. The number of ether oxygens (including phenoxy) is 1. The first-order chi connectivity index (χ1) is 13.8. The van der Waals surface area contributed by atoms with Crippen molar-refractivity contribution in [3.05, 3.63) is 29.8 Å². The molecule has 1 aromatic carbocycles. The Hall–Kier alpha value is -2.58. The Labute approximate surface area is 166 Å². The van der Waals surface area contributed by atoms with Gasteiger partial charge in [0.05, 0.1) is 11.8 Å². The van der Waals surface area contributed by atoms with Crippen molar-refractivity contribution < 1.29 is 32.3 Å². The Morgan fingerprint density at radius 2 is 1.79 bits per heavy atom. The second kappa shape index (κ2) is 8.84. The third-order valence-corrected chi connectivity index (χ3v) is 5.37. The molecule has 2 atom stereocenters. The number of rotatable bonds is 5. The van der Waals surface area contributed by atoms with Crippen LogP contribution in [0.25, 0.3) is 0 Å². The zero-order valence-electron chi connectivity index (χ0n) is 15.8. The number of carbonyl (C=O) groups excluding carboxylic acids is 3. The second-order valence-corrected chi connectivity index (χ2v) is 7.37. The lowest BCUT2D eigenvalue weighted by atomic mass is 9.78. The Bertz CT molecular complexity index is 781. The van der Waals surface area contributed by atoms with Crippen molar-refractivity contribution in [3.63, 3.8) is 0 Å². The number of nitrogens with zero attached hydrogens (tertiary/aromatic N) is 1. The average Bonchev–Trinajstić information content (AvgIpc) is 3.13. The molecule has 0 radical (unpaired) electrons. The van der Waals surface area contributed by atoms with Gasteiger partial charge in [0.2, 0.25) is 5.91 Å². The molecule has 0 spiro atoms. The number of para-hydroxylation sites is 1. The molecule has 1 saturated carbocycles. The van der Waals surface area contributed by atoms with Gasteiger partial charge in [-0.05, 0) is 30.9 Å². The lowest BCUT2D eigenvalue weighted by Crippen LogP contribution is -2.43. The standard InChI is InChI=1S/C20H23F3N2O4/c21-20(22,23)12-24-17(26)11-29-19(28)15-7-3-2-6-14(15)18(27)25-10-9-13-5-1-4-8-16(13)25/h1,4-5,8,14-15H,2-3,6-7,9-12H2,(H,24,26)/t14-,15+/m0/s1. The molecule has 1 aliphatic carbocycles. The largest absolute Gasteiger partial charge is 0.455 e. The van der Waals surface area contributed by atoms with Crippen LogP contribution in [0, 0.1) is 11.8 Å². The van der Waals surface area contributed by atoms with Gasteiger partial charge in [0.1, 0.15) is 6.54 Å². The number of amides is 2. The number of halogens is 3. The van der Waals surface area contributed by atoms with E-state index in [1.54, 1.807) is 10.2 Å². The van der Waals surface area contributed by atoms with Gasteiger partial charge < -0.3 is 15.0 Å². The van der Waals surface area contributed by atoms with Crippen LogP contribution in [0.5, 0.6) is 0 Å². The number of esters is 1. The monoisotopic (exact) mass is 412 g/mol. The Morgan fingerprint density at radius 1 is 1.10 bits per heavy atom. The molecule has 9 heteroatoms. The molecular formula is C20H23F3N2O4. The smallest absolute Gasteiger partial charge is 0.405 e. The van der Waals surface area contributed by atoms with Crippen molar-refractivity contribution in [2.24, 2.45) is 11.8 Å². The van der Waals surface area contributed by atoms with Gasteiger partial charge in [0.15, 0.2) is 6.61 Å². The van der Waals surface area contributed by atoms with E-state index in [4.69, 9.17) is 4.74 Å². The maximum atomic E-state index is 13.1. The molecule has 1 heterocycles. The molecule has 2 aliphatic rings. The molecule has 1 aromatic rings.